The van der Waals surface area contributed by atoms with Crippen molar-refractivity contribution in [2.45, 2.75) is 26.8 Å². The molecule has 0 spiro atoms. The SMILES string of the molecule is CCNC(=NCc1csc(-c2ccccc2)n1)NCCc1csc(C)n1. The van der Waals surface area contributed by atoms with Crippen molar-refractivity contribution in [3.63, 3.8) is 0 Å². The van der Waals surface area contributed by atoms with Gasteiger partial charge >= 0.3 is 0 Å². The first-order chi connectivity index (χ1) is 12.7. The summed E-state index contributed by atoms with van der Waals surface area (Å²) in [6.45, 7) is 6.30. The van der Waals surface area contributed by atoms with Crippen LogP contribution in [0.3, 0.4) is 0 Å². The molecule has 2 heterocycles. The predicted octanol–water partition coefficient (Wildman–Crippen LogP) is 3.87. The third kappa shape index (κ3) is 5.37. The molecule has 0 fully saturated rings. The molecule has 2 aromatic heterocycles. The number of thiazole rings is 2. The summed E-state index contributed by atoms with van der Waals surface area (Å²) in [5.74, 6) is 0.814. The maximum atomic E-state index is 4.69. The summed E-state index contributed by atoms with van der Waals surface area (Å²) < 4.78 is 0. The lowest BCUT2D eigenvalue weighted by atomic mass is 10.2. The van der Waals surface area contributed by atoms with Gasteiger partial charge in [0.25, 0.3) is 0 Å². The van der Waals surface area contributed by atoms with E-state index in [1.807, 2.05) is 25.1 Å². The normalized spacial score (nSPS) is 11.5. The molecule has 1 aromatic carbocycles. The second-order valence-electron chi connectivity index (χ2n) is 5.74. The summed E-state index contributed by atoms with van der Waals surface area (Å²) in [6, 6.07) is 10.2. The molecular weight excluding hydrogens is 362 g/mol. The fourth-order valence-electron chi connectivity index (χ4n) is 2.43. The summed E-state index contributed by atoms with van der Waals surface area (Å²) in [5, 5.41) is 13.0. The Bertz CT molecular complexity index is 839. The molecule has 26 heavy (non-hydrogen) atoms. The number of hydrogen-bond acceptors (Lipinski definition) is 5. The molecule has 3 aromatic rings. The number of nitrogens with one attached hydrogen (secondary N) is 2. The molecule has 0 saturated heterocycles. The average Bonchev–Trinajstić information content (AvgIpc) is 3.29. The zero-order chi connectivity index (χ0) is 18.2. The summed E-state index contributed by atoms with van der Waals surface area (Å²) in [5.41, 5.74) is 3.26. The fourth-order valence-corrected chi connectivity index (χ4v) is 3.89. The Balaban J connectivity index is 1.56. The first-order valence-corrected chi connectivity index (χ1v) is 10.4. The second kappa shape index (κ2) is 9.45. The summed E-state index contributed by atoms with van der Waals surface area (Å²) >= 11 is 3.35. The van der Waals surface area contributed by atoms with E-state index in [4.69, 9.17) is 4.98 Å². The van der Waals surface area contributed by atoms with Gasteiger partial charge in [0.15, 0.2) is 5.96 Å². The Labute approximate surface area is 162 Å². The number of aliphatic imine (C=N–C) groups is 1. The van der Waals surface area contributed by atoms with Crippen LogP contribution in [0, 0.1) is 6.92 Å². The number of aryl methyl sites for hydroxylation is 1. The van der Waals surface area contributed by atoms with Gasteiger partial charge in [-0.2, -0.15) is 0 Å². The molecule has 0 radical (unpaired) electrons. The van der Waals surface area contributed by atoms with Gasteiger partial charge in [0.2, 0.25) is 0 Å². The highest BCUT2D eigenvalue weighted by Crippen LogP contribution is 2.23. The molecule has 0 amide bonds. The molecule has 0 aliphatic heterocycles. The van der Waals surface area contributed by atoms with Crippen molar-refractivity contribution in [3.05, 3.63) is 57.5 Å². The van der Waals surface area contributed by atoms with Gasteiger partial charge in [-0.05, 0) is 13.8 Å². The first kappa shape index (κ1) is 18.5. The van der Waals surface area contributed by atoms with Crippen LogP contribution in [0.25, 0.3) is 10.6 Å². The van der Waals surface area contributed by atoms with Crippen LogP contribution in [0.2, 0.25) is 0 Å². The number of guanidine groups is 1. The van der Waals surface area contributed by atoms with Crippen LogP contribution in [0.15, 0.2) is 46.1 Å². The van der Waals surface area contributed by atoms with E-state index in [-0.39, 0.29) is 0 Å². The van der Waals surface area contributed by atoms with E-state index in [2.05, 4.69) is 50.4 Å². The lowest BCUT2D eigenvalue weighted by Gasteiger charge is -2.10. The van der Waals surface area contributed by atoms with Gasteiger partial charge in [-0.25, -0.2) is 15.0 Å². The largest absolute Gasteiger partial charge is 0.357 e. The van der Waals surface area contributed by atoms with Crippen molar-refractivity contribution < 1.29 is 0 Å². The summed E-state index contributed by atoms with van der Waals surface area (Å²) in [6.07, 6.45) is 0.892. The van der Waals surface area contributed by atoms with Crippen molar-refractivity contribution in [2.24, 2.45) is 4.99 Å². The molecule has 7 heteroatoms. The Morgan fingerprint density at radius 3 is 2.58 bits per heavy atom. The summed E-state index contributed by atoms with van der Waals surface area (Å²) in [4.78, 5) is 13.8. The van der Waals surface area contributed by atoms with Gasteiger partial charge in [0, 0.05) is 35.8 Å². The number of nitrogens with zero attached hydrogens (tertiary/aromatic N) is 3. The molecule has 3 rings (SSSR count). The van der Waals surface area contributed by atoms with Gasteiger partial charge < -0.3 is 10.6 Å². The van der Waals surface area contributed by atoms with E-state index in [0.717, 1.165) is 52.4 Å². The predicted molar refractivity (Wildman–Crippen MR) is 111 cm³/mol. The van der Waals surface area contributed by atoms with E-state index in [9.17, 15) is 0 Å². The number of rotatable bonds is 7. The zero-order valence-electron chi connectivity index (χ0n) is 15.0. The minimum atomic E-state index is 0.564. The molecule has 0 aliphatic carbocycles. The highest BCUT2D eigenvalue weighted by molar-refractivity contribution is 7.13. The minimum Gasteiger partial charge on any atom is -0.357 e. The van der Waals surface area contributed by atoms with Crippen LogP contribution in [0.1, 0.15) is 23.3 Å². The number of hydrogen-bond donors (Lipinski definition) is 2. The van der Waals surface area contributed by atoms with Crippen molar-refractivity contribution in [1.29, 1.82) is 0 Å². The average molecular weight is 386 g/mol. The maximum absolute atomic E-state index is 4.69. The van der Waals surface area contributed by atoms with Crippen LogP contribution in [-0.2, 0) is 13.0 Å². The smallest absolute Gasteiger partial charge is 0.191 e. The van der Waals surface area contributed by atoms with E-state index in [1.165, 1.54) is 0 Å². The minimum absolute atomic E-state index is 0.564. The van der Waals surface area contributed by atoms with E-state index < -0.39 is 0 Å². The summed E-state index contributed by atoms with van der Waals surface area (Å²) in [7, 11) is 0. The van der Waals surface area contributed by atoms with Crippen LogP contribution < -0.4 is 10.6 Å². The van der Waals surface area contributed by atoms with E-state index >= 15 is 0 Å². The highest BCUT2D eigenvalue weighted by Gasteiger charge is 2.05. The molecule has 136 valence electrons. The lowest BCUT2D eigenvalue weighted by molar-refractivity contribution is 0.788. The van der Waals surface area contributed by atoms with Crippen LogP contribution in [0.5, 0.6) is 0 Å². The van der Waals surface area contributed by atoms with Crippen molar-refractivity contribution in [2.75, 3.05) is 13.1 Å². The molecule has 0 aliphatic rings. The van der Waals surface area contributed by atoms with Crippen LogP contribution in [0.4, 0.5) is 0 Å². The van der Waals surface area contributed by atoms with Crippen LogP contribution >= 0.6 is 22.7 Å². The maximum Gasteiger partial charge on any atom is 0.191 e. The Morgan fingerprint density at radius 2 is 1.85 bits per heavy atom. The third-order valence-corrected chi connectivity index (χ3v) is 5.42. The van der Waals surface area contributed by atoms with E-state index in [0.29, 0.717) is 6.54 Å². The van der Waals surface area contributed by atoms with Crippen molar-refractivity contribution in [1.82, 2.24) is 20.6 Å². The van der Waals surface area contributed by atoms with Gasteiger partial charge in [0.05, 0.1) is 22.9 Å². The number of aromatic nitrogens is 2. The Kier molecular flexibility index (Phi) is 6.74. The monoisotopic (exact) mass is 385 g/mol. The Morgan fingerprint density at radius 1 is 1.04 bits per heavy atom. The van der Waals surface area contributed by atoms with Gasteiger partial charge in [-0.15, -0.1) is 22.7 Å². The second-order valence-corrected chi connectivity index (χ2v) is 7.66. The zero-order valence-corrected chi connectivity index (χ0v) is 16.7. The van der Waals surface area contributed by atoms with Gasteiger partial charge in [0.1, 0.15) is 5.01 Å². The highest BCUT2D eigenvalue weighted by atomic mass is 32.1. The molecule has 2 N–H and O–H groups in total. The van der Waals surface area contributed by atoms with E-state index in [1.54, 1.807) is 22.7 Å². The standard InChI is InChI=1S/C19H23N5S2/c1-3-20-19(21-10-9-16-12-25-14(2)23-16)22-11-17-13-26-18(24-17)15-7-5-4-6-8-15/h4-8,12-13H,3,9-11H2,1-2H3,(H2,20,21,22). The first-order valence-electron chi connectivity index (χ1n) is 8.67. The quantitative estimate of drug-likeness (QED) is 0.479. The van der Waals surface area contributed by atoms with Crippen molar-refractivity contribution >= 4 is 28.6 Å². The lowest BCUT2D eigenvalue weighted by Crippen LogP contribution is -2.38. The van der Waals surface area contributed by atoms with Gasteiger partial charge in [-0.1, -0.05) is 30.3 Å². The Hall–Kier alpha value is -2.25. The molecule has 0 saturated carbocycles. The third-order valence-electron chi connectivity index (χ3n) is 3.66. The molecule has 0 unspecified atom stereocenters. The molecule has 0 bridgehead atoms. The number of benzene rings is 1. The van der Waals surface area contributed by atoms with Crippen molar-refractivity contribution in [3.8, 4) is 10.6 Å². The topological polar surface area (TPSA) is 62.2 Å². The molecular formula is C19H23N5S2. The van der Waals surface area contributed by atoms with Gasteiger partial charge in [-0.3, -0.25) is 0 Å². The molecule has 5 nitrogen and oxygen atoms in total. The fraction of sp³-hybridized carbons (Fsp3) is 0.316. The van der Waals surface area contributed by atoms with Crippen LogP contribution in [-0.4, -0.2) is 29.0 Å². The molecule has 0 atom stereocenters.